The lowest BCUT2D eigenvalue weighted by Crippen LogP contribution is -2.21. The van der Waals surface area contributed by atoms with E-state index in [1.165, 1.54) is 12.1 Å². The Morgan fingerprint density at radius 1 is 1.12 bits per heavy atom. The minimum atomic E-state index is -0.617. The monoisotopic (exact) mass is 339 g/mol. The van der Waals surface area contributed by atoms with Gasteiger partial charge >= 0.3 is 5.97 Å². The number of pyridine rings is 1. The zero-order valence-corrected chi connectivity index (χ0v) is 13.9. The summed E-state index contributed by atoms with van der Waals surface area (Å²) in [5.74, 6) is -0.893. The first-order valence-electron chi connectivity index (χ1n) is 8.14. The van der Waals surface area contributed by atoms with Crippen LogP contribution in [0.5, 0.6) is 0 Å². The molecular weight excluding hydrogens is 321 g/mol. The van der Waals surface area contributed by atoms with Gasteiger partial charge in [0, 0.05) is 18.1 Å². The summed E-state index contributed by atoms with van der Waals surface area (Å²) in [6, 6.07) is 13.5. The van der Waals surface area contributed by atoms with Crippen LogP contribution in [0.4, 0.5) is 4.39 Å². The predicted molar refractivity (Wildman–Crippen MR) is 94.3 cm³/mol. The van der Waals surface area contributed by atoms with Crippen molar-refractivity contribution in [3.05, 3.63) is 81.9 Å². The van der Waals surface area contributed by atoms with Crippen molar-refractivity contribution in [1.29, 1.82) is 0 Å². The summed E-state index contributed by atoms with van der Waals surface area (Å²) < 4.78 is 19.9. The van der Waals surface area contributed by atoms with E-state index in [4.69, 9.17) is 4.74 Å². The highest BCUT2D eigenvalue weighted by Gasteiger charge is 2.16. The van der Waals surface area contributed by atoms with Crippen LogP contribution in [-0.2, 0) is 17.7 Å². The third kappa shape index (κ3) is 3.60. The molecule has 0 aliphatic rings. The van der Waals surface area contributed by atoms with Crippen molar-refractivity contribution in [2.24, 2.45) is 0 Å². The molecule has 0 atom stereocenters. The summed E-state index contributed by atoms with van der Waals surface area (Å²) in [6.45, 7) is 2.46. The molecule has 0 bridgehead atoms. The van der Waals surface area contributed by atoms with E-state index in [1.54, 1.807) is 37.4 Å². The number of benzene rings is 2. The standard InChI is InChI=1S/C20H18FNO3/c1-2-25-20(24)17-13-22(12-11-14-7-9-15(21)10-8-14)18-6-4-3-5-16(18)19(17)23/h3-10,13H,2,11-12H2,1H3. The second kappa shape index (κ2) is 7.30. The van der Waals surface area contributed by atoms with Crippen LogP contribution in [0.1, 0.15) is 22.8 Å². The molecule has 0 saturated carbocycles. The van der Waals surface area contributed by atoms with Crippen molar-refractivity contribution >= 4 is 16.9 Å². The number of rotatable bonds is 5. The van der Waals surface area contributed by atoms with Crippen LogP contribution < -0.4 is 5.43 Å². The van der Waals surface area contributed by atoms with Gasteiger partial charge in [-0.05, 0) is 43.2 Å². The van der Waals surface area contributed by atoms with E-state index in [-0.39, 0.29) is 23.4 Å². The second-order valence-corrected chi connectivity index (χ2v) is 5.68. The third-order valence-corrected chi connectivity index (χ3v) is 4.04. The molecular formula is C20H18FNO3. The van der Waals surface area contributed by atoms with Crippen LogP contribution in [0, 0.1) is 5.82 Å². The lowest BCUT2D eigenvalue weighted by Gasteiger charge is -2.13. The molecule has 5 heteroatoms. The van der Waals surface area contributed by atoms with Gasteiger partial charge in [-0.1, -0.05) is 24.3 Å². The van der Waals surface area contributed by atoms with E-state index in [0.29, 0.717) is 18.4 Å². The van der Waals surface area contributed by atoms with Gasteiger partial charge in [-0.25, -0.2) is 9.18 Å². The van der Waals surface area contributed by atoms with Crippen LogP contribution in [0.15, 0.2) is 59.5 Å². The van der Waals surface area contributed by atoms with Crippen molar-refractivity contribution in [2.75, 3.05) is 6.61 Å². The minimum Gasteiger partial charge on any atom is -0.462 e. The fourth-order valence-corrected chi connectivity index (χ4v) is 2.79. The van der Waals surface area contributed by atoms with Crippen molar-refractivity contribution < 1.29 is 13.9 Å². The Bertz CT molecular complexity index is 961. The lowest BCUT2D eigenvalue weighted by atomic mass is 10.1. The van der Waals surface area contributed by atoms with E-state index in [9.17, 15) is 14.0 Å². The largest absolute Gasteiger partial charge is 0.462 e. The fraction of sp³-hybridized carbons (Fsp3) is 0.200. The third-order valence-electron chi connectivity index (χ3n) is 4.04. The molecule has 0 saturated heterocycles. The van der Waals surface area contributed by atoms with Crippen LogP contribution >= 0.6 is 0 Å². The van der Waals surface area contributed by atoms with E-state index in [2.05, 4.69) is 0 Å². The lowest BCUT2D eigenvalue weighted by molar-refractivity contribution is 0.0524. The van der Waals surface area contributed by atoms with Crippen molar-refractivity contribution in [1.82, 2.24) is 4.57 Å². The maximum absolute atomic E-state index is 13.0. The number of hydrogen-bond donors (Lipinski definition) is 0. The van der Waals surface area contributed by atoms with Gasteiger partial charge in [-0.2, -0.15) is 0 Å². The number of para-hydroxylation sites is 1. The molecule has 0 aliphatic heterocycles. The first-order chi connectivity index (χ1) is 12.1. The maximum Gasteiger partial charge on any atom is 0.343 e. The van der Waals surface area contributed by atoms with Crippen LogP contribution in [0.2, 0.25) is 0 Å². The van der Waals surface area contributed by atoms with Crippen molar-refractivity contribution in [3.8, 4) is 0 Å². The molecule has 0 fully saturated rings. The van der Waals surface area contributed by atoms with Gasteiger partial charge in [0.25, 0.3) is 0 Å². The SMILES string of the molecule is CCOC(=O)c1cn(CCc2ccc(F)cc2)c2ccccc2c1=O. The number of aryl methyl sites for hydroxylation is 2. The molecule has 3 aromatic rings. The molecule has 0 spiro atoms. The summed E-state index contributed by atoms with van der Waals surface area (Å²) in [7, 11) is 0. The highest BCUT2D eigenvalue weighted by atomic mass is 19.1. The van der Waals surface area contributed by atoms with Crippen LogP contribution in [0.3, 0.4) is 0 Å². The number of aromatic nitrogens is 1. The number of fused-ring (bicyclic) bond motifs is 1. The first kappa shape index (κ1) is 16.9. The Morgan fingerprint density at radius 2 is 1.84 bits per heavy atom. The molecule has 0 N–H and O–H groups in total. The highest BCUT2D eigenvalue weighted by Crippen LogP contribution is 2.14. The zero-order chi connectivity index (χ0) is 17.8. The van der Waals surface area contributed by atoms with E-state index >= 15 is 0 Å². The van der Waals surface area contributed by atoms with E-state index in [0.717, 1.165) is 11.1 Å². The number of carbonyl (C=O) groups excluding carboxylic acids is 1. The van der Waals surface area contributed by atoms with E-state index in [1.807, 2.05) is 16.7 Å². The Morgan fingerprint density at radius 3 is 2.56 bits per heavy atom. The molecule has 2 aromatic carbocycles. The molecule has 3 rings (SSSR count). The molecule has 0 unspecified atom stereocenters. The highest BCUT2D eigenvalue weighted by molar-refractivity contribution is 5.93. The summed E-state index contributed by atoms with van der Waals surface area (Å²) >= 11 is 0. The summed E-state index contributed by atoms with van der Waals surface area (Å²) in [5.41, 5.74) is 1.43. The fourth-order valence-electron chi connectivity index (χ4n) is 2.79. The number of ether oxygens (including phenoxy) is 1. The van der Waals surface area contributed by atoms with Gasteiger partial charge in [0.15, 0.2) is 0 Å². The van der Waals surface area contributed by atoms with Gasteiger partial charge in [0.05, 0.1) is 12.1 Å². The Kier molecular flexibility index (Phi) is 4.93. The molecule has 25 heavy (non-hydrogen) atoms. The number of carbonyl (C=O) groups is 1. The molecule has 0 amide bonds. The maximum atomic E-state index is 13.0. The Balaban J connectivity index is 2.00. The number of esters is 1. The topological polar surface area (TPSA) is 48.3 Å². The summed E-state index contributed by atoms with van der Waals surface area (Å²) in [4.78, 5) is 24.6. The van der Waals surface area contributed by atoms with Gasteiger partial charge in [0.2, 0.25) is 5.43 Å². The van der Waals surface area contributed by atoms with E-state index < -0.39 is 5.97 Å². The number of halogens is 1. The minimum absolute atomic E-state index is 0.0275. The number of nitrogens with zero attached hydrogens (tertiary/aromatic N) is 1. The summed E-state index contributed by atoms with van der Waals surface area (Å²) in [5, 5.41) is 0.479. The normalized spacial score (nSPS) is 10.8. The molecule has 128 valence electrons. The van der Waals surface area contributed by atoms with Gasteiger partial charge in [0.1, 0.15) is 11.4 Å². The first-order valence-corrected chi connectivity index (χ1v) is 8.14. The second-order valence-electron chi connectivity index (χ2n) is 5.68. The Hall–Kier alpha value is -2.95. The summed E-state index contributed by atoms with van der Waals surface area (Å²) in [6.07, 6.45) is 2.20. The van der Waals surface area contributed by atoms with Crippen LogP contribution in [-0.4, -0.2) is 17.1 Å². The predicted octanol–water partition coefficient (Wildman–Crippen LogP) is 3.56. The van der Waals surface area contributed by atoms with Crippen LogP contribution in [0.25, 0.3) is 10.9 Å². The Labute approximate surface area is 144 Å². The van der Waals surface area contributed by atoms with Gasteiger partial charge in [-0.15, -0.1) is 0 Å². The average Bonchev–Trinajstić information content (AvgIpc) is 2.63. The number of hydrogen-bond acceptors (Lipinski definition) is 3. The van der Waals surface area contributed by atoms with Gasteiger partial charge < -0.3 is 9.30 Å². The molecule has 1 heterocycles. The molecule has 0 aliphatic carbocycles. The van der Waals surface area contributed by atoms with Crippen molar-refractivity contribution in [3.63, 3.8) is 0 Å². The smallest absolute Gasteiger partial charge is 0.343 e. The zero-order valence-electron chi connectivity index (χ0n) is 13.9. The van der Waals surface area contributed by atoms with Crippen molar-refractivity contribution in [2.45, 2.75) is 19.9 Å². The quantitative estimate of drug-likeness (QED) is 0.668. The molecule has 0 radical (unpaired) electrons. The molecule has 4 nitrogen and oxygen atoms in total. The molecule has 1 aromatic heterocycles. The van der Waals surface area contributed by atoms with Gasteiger partial charge in [-0.3, -0.25) is 4.79 Å². The average molecular weight is 339 g/mol.